The van der Waals surface area contributed by atoms with Crippen molar-refractivity contribution < 1.29 is 9.47 Å². The first kappa shape index (κ1) is 19.6. The molecular formula is C19H28ClN3O2. The monoisotopic (exact) mass is 365 g/mol. The third kappa shape index (κ3) is 5.65. The van der Waals surface area contributed by atoms with Gasteiger partial charge in [0.15, 0.2) is 11.5 Å². The summed E-state index contributed by atoms with van der Waals surface area (Å²) in [6.07, 6.45) is 4.79. The predicted molar refractivity (Wildman–Crippen MR) is 102 cm³/mol. The van der Waals surface area contributed by atoms with E-state index >= 15 is 0 Å². The highest BCUT2D eigenvalue weighted by Crippen LogP contribution is 2.36. The van der Waals surface area contributed by atoms with Crippen LogP contribution in [0.3, 0.4) is 0 Å². The smallest absolute Gasteiger partial charge is 0.179 e. The Bertz CT molecular complexity index is 673. The van der Waals surface area contributed by atoms with Crippen LogP contribution in [0.5, 0.6) is 11.5 Å². The fraction of sp³-hybridized carbons (Fsp3) is 0.526. The van der Waals surface area contributed by atoms with Crippen LogP contribution >= 0.6 is 11.6 Å². The van der Waals surface area contributed by atoms with E-state index < -0.39 is 0 Å². The Labute approximate surface area is 155 Å². The van der Waals surface area contributed by atoms with Crippen LogP contribution < -0.4 is 14.8 Å². The number of nitrogens with zero attached hydrogens (tertiary/aromatic N) is 2. The highest BCUT2D eigenvalue weighted by molar-refractivity contribution is 6.32. The van der Waals surface area contributed by atoms with Gasteiger partial charge in [0.1, 0.15) is 5.82 Å². The third-order valence-corrected chi connectivity index (χ3v) is 4.27. The lowest BCUT2D eigenvalue weighted by Gasteiger charge is -2.16. The first-order chi connectivity index (χ1) is 12.0. The number of methoxy groups -OCH3 is 1. The largest absolute Gasteiger partial charge is 0.493 e. The van der Waals surface area contributed by atoms with Crippen molar-refractivity contribution in [2.75, 3.05) is 20.3 Å². The van der Waals surface area contributed by atoms with Crippen LogP contribution in [-0.2, 0) is 13.1 Å². The summed E-state index contributed by atoms with van der Waals surface area (Å²) in [7, 11) is 1.64. The van der Waals surface area contributed by atoms with E-state index in [-0.39, 0.29) is 0 Å². The van der Waals surface area contributed by atoms with Crippen LogP contribution in [0.4, 0.5) is 0 Å². The van der Waals surface area contributed by atoms with Gasteiger partial charge in [0, 0.05) is 25.5 Å². The average Bonchev–Trinajstić information content (AvgIpc) is 2.98. The normalized spacial score (nSPS) is 12.2. The summed E-state index contributed by atoms with van der Waals surface area (Å²) in [6, 6.07) is 3.92. The van der Waals surface area contributed by atoms with Crippen molar-refractivity contribution >= 4 is 11.6 Å². The molecule has 0 radical (unpaired) electrons. The number of nitrogens with one attached hydrogen (secondary N) is 1. The molecule has 6 heteroatoms. The number of aromatic nitrogens is 2. The lowest BCUT2D eigenvalue weighted by Crippen LogP contribution is -2.24. The van der Waals surface area contributed by atoms with E-state index in [1.54, 1.807) is 7.11 Å². The summed E-state index contributed by atoms with van der Waals surface area (Å²) in [5, 5.41) is 4.08. The second kappa shape index (κ2) is 9.68. The maximum Gasteiger partial charge on any atom is 0.179 e. The van der Waals surface area contributed by atoms with Gasteiger partial charge >= 0.3 is 0 Å². The molecule has 25 heavy (non-hydrogen) atoms. The van der Waals surface area contributed by atoms with E-state index in [1.807, 2.05) is 31.5 Å². The van der Waals surface area contributed by atoms with Crippen LogP contribution in [0.15, 0.2) is 24.5 Å². The molecule has 1 aromatic heterocycles. The molecule has 2 rings (SSSR count). The van der Waals surface area contributed by atoms with Crippen LogP contribution in [0.1, 0.15) is 31.7 Å². The molecule has 0 amide bonds. The molecule has 0 saturated carbocycles. The zero-order chi connectivity index (χ0) is 18.2. The van der Waals surface area contributed by atoms with Gasteiger partial charge in [-0.15, -0.1) is 0 Å². The molecule has 1 unspecified atom stereocenters. The quantitative estimate of drug-likeness (QED) is 0.689. The number of aryl methyl sites for hydroxylation is 1. The Morgan fingerprint density at radius 3 is 2.80 bits per heavy atom. The minimum atomic E-state index is 0.498. The van der Waals surface area contributed by atoms with E-state index in [1.165, 1.54) is 0 Å². The number of hydrogen-bond acceptors (Lipinski definition) is 4. The molecule has 2 aromatic rings. The Morgan fingerprint density at radius 2 is 2.16 bits per heavy atom. The highest BCUT2D eigenvalue weighted by atomic mass is 35.5. The summed E-state index contributed by atoms with van der Waals surface area (Å²) in [5.74, 6) is 2.85. The van der Waals surface area contributed by atoms with E-state index in [9.17, 15) is 0 Å². The zero-order valence-corrected chi connectivity index (χ0v) is 16.3. The summed E-state index contributed by atoms with van der Waals surface area (Å²) >= 11 is 6.36. The lowest BCUT2D eigenvalue weighted by molar-refractivity contribution is 0.294. The summed E-state index contributed by atoms with van der Waals surface area (Å²) in [4.78, 5) is 4.26. The van der Waals surface area contributed by atoms with E-state index in [0.717, 1.165) is 37.4 Å². The molecule has 1 aromatic carbocycles. The Balaban J connectivity index is 1.89. The molecule has 0 aliphatic carbocycles. The summed E-state index contributed by atoms with van der Waals surface area (Å²) in [5.41, 5.74) is 1.08. The van der Waals surface area contributed by atoms with Crippen LogP contribution in [-0.4, -0.2) is 29.8 Å². The van der Waals surface area contributed by atoms with Crippen molar-refractivity contribution in [3.05, 3.63) is 40.9 Å². The van der Waals surface area contributed by atoms with Gasteiger partial charge < -0.3 is 19.4 Å². The number of halogens is 1. The Hall–Kier alpha value is -1.72. The molecule has 1 N–H and O–H groups in total. The molecule has 0 saturated heterocycles. The SMILES string of the molecule is CCCOc1c(Cl)cc(CNCC(C)Cn2ccnc2C)cc1OC. The first-order valence-corrected chi connectivity index (χ1v) is 9.10. The van der Waals surface area contributed by atoms with Gasteiger partial charge in [0.05, 0.1) is 18.7 Å². The fourth-order valence-electron chi connectivity index (χ4n) is 2.68. The number of ether oxygens (including phenoxy) is 2. The second-order valence-electron chi connectivity index (χ2n) is 6.32. The van der Waals surface area contributed by atoms with Gasteiger partial charge in [-0.3, -0.25) is 0 Å². The molecule has 0 aliphatic heterocycles. The van der Waals surface area contributed by atoms with Crippen molar-refractivity contribution in [1.29, 1.82) is 0 Å². The number of hydrogen-bond donors (Lipinski definition) is 1. The molecule has 0 aliphatic rings. The van der Waals surface area contributed by atoms with E-state index in [2.05, 4.69) is 28.7 Å². The van der Waals surface area contributed by atoms with Crippen LogP contribution in [0.25, 0.3) is 0 Å². The number of imidazole rings is 1. The zero-order valence-electron chi connectivity index (χ0n) is 15.5. The van der Waals surface area contributed by atoms with Gasteiger partial charge in [-0.2, -0.15) is 0 Å². The minimum absolute atomic E-state index is 0.498. The van der Waals surface area contributed by atoms with Crippen molar-refractivity contribution in [3.63, 3.8) is 0 Å². The molecular weight excluding hydrogens is 338 g/mol. The molecule has 1 heterocycles. The Kier molecular flexibility index (Phi) is 7.59. The van der Waals surface area contributed by atoms with Crippen molar-refractivity contribution in [2.24, 2.45) is 5.92 Å². The fourth-order valence-corrected chi connectivity index (χ4v) is 2.97. The number of rotatable bonds is 10. The molecule has 138 valence electrons. The molecule has 0 bridgehead atoms. The standard InChI is InChI=1S/C19H28ClN3O2/c1-5-8-25-19-17(20)9-16(10-18(19)24-4)12-21-11-14(2)13-23-7-6-22-15(23)3/h6-7,9-10,14,21H,5,8,11-13H2,1-4H3. The van der Waals surface area contributed by atoms with Gasteiger partial charge in [0.2, 0.25) is 0 Å². The van der Waals surface area contributed by atoms with Gasteiger partial charge in [-0.05, 0) is 43.5 Å². The lowest BCUT2D eigenvalue weighted by atomic mass is 10.1. The average molecular weight is 366 g/mol. The maximum atomic E-state index is 6.36. The summed E-state index contributed by atoms with van der Waals surface area (Å²) < 4.78 is 13.3. The maximum absolute atomic E-state index is 6.36. The molecule has 1 atom stereocenters. The van der Waals surface area contributed by atoms with Crippen molar-refractivity contribution in [3.8, 4) is 11.5 Å². The Morgan fingerprint density at radius 1 is 1.36 bits per heavy atom. The van der Waals surface area contributed by atoms with Crippen LogP contribution in [0, 0.1) is 12.8 Å². The van der Waals surface area contributed by atoms with Gasteiger partial charge in [-0.1, -0.05) is 25.4 Å². The number of benzene rings is 1. The van der Waals surface area contributed by atoms with Crippen molar-refractivity contribution in [1.82, 2.24) is 14.9 Å². The van der Waals surface area contributed by atoms with Crippen LogP contribution in [0.2, 0.25) is 5.02 Å². The third-order valence-electron chi connectivity index (χ3n) is 3.99. The van der Waals surface area contributed by atoms with Gasteiger partial charge in [-0.25, -0.2) is 4.98 Å². The first-order valence-electron chi connectivity index (χ1n) is 8.72. The van der Waals surface area contributed by atoms with Gasteiger partial charge in [0.25, 0.3) is 0 Å². The van der Waals surface area contributed by atoms with E-state index in [0.29, 0.717) is 29.0 Å². The highest BCUT2D eigenvalue weighted by Gasteiger charge is 2.12. The topological polar surface area (TPSA) is 48.3 Å². The minimum Gasteiger partial charge on any atom is -0.493 e. The summed E-state index contributed by atoms with van der Waals surface area (Å²) in [6.45, 7) is 9.53. The molecule has 5 nitrogen and oxygen atoms in total. The molecule has 0 fully saturated rings. The molecule has 0 spiro atoms. The van der Waals surface area contributed by atoms with Crippen molar-refractivity contribution in [2.45, 2.75) is 40.3 Å². The second-order valence-corrected chi connectivity index (χ2v) is 6.73. The van der Waals surface area contributed by atoms with E-state index in [4.69, 9.17) is 21.1 Å². The predicted octanol–water partition coefficient (Wildman–Crippen LogP) is 4.07.